The summed E-state index contributed by atoms with van der Waals surface area (Å²) in [7, 11) is 0. The lowest BCUT2D eigenvalue weighted by atomic mass is 10.1. The van der Waals surface area contributed by atoms with Gasteiger partial charge in [-0.1, -0.05) is 64.5 Å². The number of para-hydroxylation sites is 1. The Hall–Kier alpha value is -3.65. The molecule has 4 rings (SSSR count). The number of benzene rings is 3. The molecule has 3 aromatic carbocycles. The molecule has 0 aliphatic carbocycles. The summed E-state index contributed by atoms with van der Waals surface area (Å²) >= 11 is 3.37. The molecular weight excluding hydrogens is 474 g/mol. The number of ether oxygens (including phenoxy) is 1. The van der Waals surface area contributed by atoms with Gasteiger partial charge in [-0.2, -0.15) is 0 Å². The summed E-state index contributed by atoms with van der Waals surface area (Å²) in [5.74, 6) is -0.673. The highest BCUT2D eigenvalue weighted by atomic mass is 79.9. The zero-order valence-corrected chi connectivity index (χ0v) is 18.5. The molecule has 0 bridgehead atoms. The van der Waals surface area contributed by atoms with Gasteiger partial charge in [0.1, 0.15) is 18.3 Å². The average Bonchev–Trinajstić information content (AvgIpc) is 2.80. The number of nitrogens with zero attached hydrogens (tertiary/aromatic N) is 1. The average molecular weight is 494 g/mol. The van der Waals surface area contributed by atoms with Crippen molar-refractivity contribution in [2.75, 3.05) is 23.4 Å². The third-order valence-electron chi connectivity index (χ3n) is 4.91. The van der Waals surface area contributed by atoms with E-state index in [4.69, 9.17) is 4.74 Å². The van der Waals surface area contributed by atoms with E-state index in [1.165, 1.54) is 4.90 Å². The lowest BCUT2D eigenvalue weighted by molar-refractivity contribution is -0.127. The molecule has 8 heteroatoms. The highest BCUT2D eigenvalue weighted by Crippen LogP contribution is 2.34. The molecule has 3 amide bonds. The van der Waals surface area contributed by atoms with Crippen molar-refractivity contribution in [2.24, 2.45) is 0 Å². The number of carbonyl (C=O) groups excluding carboxylic acids is 3. The van der Waals surface area contributed by atoms with E-state index in [9.17, 15) is 14.4 Å². The highest BCUT2D eigenvalue weighted by molar-refractivity contribution is 9.10. The second-order valence-corrected chi connectivity index (χ2v) is 8.06. The quantitative estimate of drug-likeness (QED) is 0.548. The minimum Gasteiger partial charge on any atom is -0.482 e. The van der Waals surface area contributed by atoms with E-state index >= 15 is 0 Å². The van der Waals surface area contributed by atoms with Gasteiger partial charge >= 0.3 is 0 Å². The molecule has 7 nitrogen and oxygen atoms in total. The zero-order chi connectivity index (χ0) is 22.5. The van der Waals surface area contributed by atoms with Gasteiger partial charge in [-0.3, -0.25) is 19.3 Å². The summed E-state index contributed by atoms with van der Waals surface area (Å²) in [6.07, 6.45) is 0. The molecule has 1 aliphatic rings. The Morgan fingerprint density at radius 3 is 2.41 bits per heavy atom. The SMILES string of the molecule is O=C(CN1C(=O)COc2cc(Br)ccc21)NC(C(=O)Nc1ccccc1)c1ccccc1. The molecule has 0 radical (unpaired) electrons. The number of hydrogen-bond donors (Lipinski definition) is 2. The maximum atomic E-state index is 13.0. The molecule has 0 aromatic heterocycles. The van der Waals surface area contributed by atoms with E-state index in [1.54, 1.807) is 54.6 Å². The summed E-state index contributed by atoms with van der Waals surface area (Å²) in [5.41, 5.74) is 1.76. The maximum Gasteiger partial charge on any atom is 0.265 e. The standard InChI is InChI=1S/C24H20BrN3O4/c25-17-11-12-19-20(13-17)32-15-22(30)28(19)14-21(29)27-23(16-7-3-1-4-8-16)24(31)26-18-9-5-2-6-10-18/h1-13,23H,14-15H2,(H,26,31)(H,27,29). The number of nitrogens with one attached hydrogen (secondary N) is 2. The summed E-state index contributed by atoms with van der Waals surface area (Å²) in [4.78, 5) is 39.7. The molecule has 2 N–H and O–H groups in total. The predicted molar refractivity (Wildman–Crippen MR) is 124 cm³/mol. The Bertz CT molecular complexity index is 1140. The molecule has 0 spiro atoms. The summed E-state index contributed by atoms with van der Waals surface area (Å²) < 4.78 is 6.27. The van der Waals surface area contributed by atoms with E-state index in [-0.39, 0.29) is 25.0 Å². The first-order chi connectivity index (χ1) is 15.5. The van der Waals surface area contributed by atoms with Crippen LogP contribution in [0.1, 0.15) is 11.6 Å². The Kier molecular flexibility index (Phi) is 6.51. The first kappa shape index (κ1) is 21.6. The van der Waals surface area contributed by atoms with Gasteiger partial charge in [0, 0.05) is 10.2 Å². The number of fused-ring (bicyclic) bond motifs is 1. The second kappa shape index (κ2) is 9.65. The minimum absolute atomic E-state index is 0.159. The van der Waals surface area contributed by atoms with Gasteiger partial charge in [-0.15, -0.1) is 0 Å². The van der Waals surface area contributed by atoms with Crippen LogP contribution in [-0.2, 0) is 14.4 Å². The lowest BCUT2D eigenvalue weighted by Gasteiger charge is -2.29. The molecule has 1 atom stereocenters. The number of carbonyl (C=O) groups is 3. The molecule has 3 aromatic rings. The van der Waals surface area contributed by atoms with Crippen LogP contribution in [0.25, 0.3) is 0 Å². The van der Waals surface area contributed by atoms with Crippen molar-refractivity contribution in [1.82, 2.24) is 5.32 Å². The fraction of sp³-hybridized carbons (Fsp3) is 0.125. The van der Waals surface area contributed by atoms with Crippen LogP contribution in [0.5, 0.6) is 5.75 Å². The topological polar surface area (TPSA) is 87.7 Å². The van der Waals surface area contributed by atoms with Gasteiger partial charge in [0.25, 0.3) is 11.8 Å². The van der Waals surface area contributed by atoms with E-state index < -0.39 is 11.9 Å². The first-order valence-electron chi connectivity index (χ1n) is 9.94. The van der Waals surface area contributed by atoms with E-state index in [2.05, 4.69) is 26.6 Å². The fourth-order valence-electron chi connectivity index (χ4n) is 3.38. The van der Waals surface area contributed by atoms with E-state index in [0.29, 0.717) is 22.7 Å². The third kappa shape index (κ3) is 4.97. The van der Waals surface area contributed by atoms with Crippen molar-refractivity contribution in [3.8, 4) is 5.75 Å². The van der Waals surface area contributed by atoms with Gasteiger partial charge in [-0.25, -0.2) is 0 Å². The Morgan fingerprint density at radius 1 is 1.00 bits per heavy atom. The number of halogens is 1. The zero-order valence-electron chi connectivity index (χ0n) is 17.0. The van der Waals surface area contributed by atoms with Crippen LogP contribution in [-0.4, -0.2) is 30.9 Å². The van der Waals surface area contributed by atoms with Gasteiger partial charge in [0.2, 0.25) is 5.91 Å². The van der Waals surface area contributed by atoms with Crippen molar-refractivity contribution < 1.29 is 19.1 Å². The summed E-state index contributed by atoms with van der Waals surface area (Å²) in [5, 5.41) is 5.59. The summed E-state index contributed by atoms with van der Waals surface area (Å²) in [6.45, 7) is -0.397. The van der Waals surface area contributed by atoms with Crippen LogP contribution in [0.3, 0.4) is 0 Å². The monoisotopic (exact) mass is 493 g/mol. The lowest BCUT2D eigenvalue weighted by Crippen LogP contribution is -2.47. The van der Waals surface area contributed by atoms with Crippen molar-refractivity contribution in [2.45, 2.75) is 6.04 Å². The Morgan fingerprint density at radius 2 is 1.69 bits per heavy atom. The van der Waals surface area contributed by atoms with Gasteiger partial charge in [0.15, 0.2) is 6.61 Å². The largest absolute Gasteiger partial charge is 0.482 e. The second-order valence-electron chi connectivity index (χ2n) is 7.15. The van der Waals surface area contributed by atoms with Crippen LogP contribution < -0.4 is 20.3 Å². The number of hydrogen-bond acceptors (Lipinski definition) is 4. The number of rotatable bonds is 6. The highest BCUT2D eigenvalue weighted by Gasteiger charge is 2.29. The van der Waals surface area contributed by atoms with Gasteiger partial charge in [-0.05, 0) is 35.9 Å². The normalized spacial score (nSPS) is 13.5. The Balaban J connectivity index is 1.53. The molecule has 0 fully saturated rings. The molecular formula is C24H20BrN3O4. The van der Waals surface area contributed by atoms with Crippen molar-refractivity contribution in [1.29, 1.82) is 0 Å². The van der Waals surface area contributed by atoms with Crippen molar-refractivity contribution in [3.63, 3.8) is 0 Å². The molecule has 1 aliphatic heterocycles. The van der Waals surface area contributed by atoms with Crippen LogP contribution in [0.15, 0.2) is 83.3 Å². The van der Waals surface area contributed by atoms with E-state index in [0.717, 1.165) is 4.47 Å². The molecule has 162 valence electrons. The van der Waals surface area contributed by atoms with Crippen LogP contribution in [0.2, 0.25) is 0 Å². The minimum atomic E-state index is -0.926. The fourth-order valence-corrected chi connectivity index (χ4v) is 3.72. The molecule has 0 saturated heterocycles. The first-order valence-corrected chi connectivity index (χ1v) is 10.7. The van der Waals surface area contributed by atoms with Gasteiger partial charge in [0.05, 0.1) is 5.69 Å². The van der Waals surface area contributed by atoms with Crippen molar-refractivity contribution >= 4 is 45.0 Å². The summed E-state index contributed by atoms with van der Waals surface area (Å²) in [6, 6.07) is 22.3. The molecule has 1 unspecified atom stereocenters. The molecule has 1 heterocycles. The van der Waals surface area contributed by atoms with Crippen LogP contribution in [0, 0.1) is 0 Å². The molecule has 0 saturated carbocycles. The number of anilines is 2. The maximum absolute atomic E-state index is 13.0. The van der Waals surface area contributed by atoms with Gasteiger partial charge < -0.3 is 15.4 Å². The third-order valence-corrected chi connectivity index (χ3v) is 5.40. The number of amides is 3. The van der Waals surface area contributed by atoms with Crippen LogP contribution in [0.4, 0.5) is 11.4 Å². The Labute approximate surface area is 193 Å². The predicted octanol–water partition coefficient (Wildman–Crippen LogP) is 3.67. The van der Waals surface area contributed by atoms with Crippen molar-refractivity contribution in [3.05, 3.63) is 88.9 Å². The van der Waals surface area contributed by atoms with E-state index in [1.807, 2.05) is 24.3 Å². The smallest absolute Gasteiger partial charge is 0.265 e. The van der Waals surface area contributed by atoms with Crippen LogP contribution >= 0.6 is 15.9 Å². The molecule has 32 heavy (non-hydrogen) atoms.